The van der Waals surface area contributed by atoms with E-state index in [4.69, 9.17) is 9.84 Å². The Hall–Kier alpha value is -1.10. The van der Waals surface area contributed by atoms with E-state index in [-0.39, 0.29) is 24.5 Å². The lowest BCUT2D eigenvalue weighted by atomic mass is 10.1. The molecule has 0 spiro atoms. The van der Waals surface area contributed by atoms with Crippen LogP contribution in [0.25, 0.3) is 0 Å². The van der Waals surface area contributed by atoms with Crippen LogP contribution in [-0.4, -0.2) is 47.2 Å². The van der Waals surface area contributed by atoms with Gasteiger partial charge in [0.15, 0.2) is 0 Å². The Morgan fingerprint density at radius 2 is 2.00 bits per heavy atom. The van der Waals surface area contributed by atoms with Gasteiger partial charge in [-0.3, -0.25) is 9.59 Å². The molecule has 1 heterocycles. The van der Waals surface area contributed by atoms with E-state index in [0.29, 0.717) is 13.0 Å². The van der Waals surface area contributed by atoms with Crippen LogP contribution in [0.15, 0.2) is 0 Å². The molecule has 2 fully saturated rings. The molecule has 0 radical (unpaired) electrons. The smallest absolute Gasteiger partial charge is 0.305 e. The fourth-order valence-corrected chi connectivity index (χ4v) is 2.39. The molecule has 0 aromatic heterocycles. The first kappa shape index (κ1) is 13.3. The van der Waals surface area contributed by atoms with E-state index in [1.54, 1.807) is 4.90 Å². The summed E-state index contributed by atoms with van der Waals surface area (Å²) in [5, 5.41) is 8.71. The molecule has 2 rings (SSSR count). The standard InChI is InChI=1S/C13H21NO4/c15-12(9-11-3-1-2-8-18-11)14(10-4-5-10)7-6-13(16)17/h10-11H,1-9H2,(H,16,17). The number of rotatable bonds is 6. The maximum atomic E-state index is 12.2. The van der Waals surface area contributed by atoms with Crippen LogP contribution in [0, 0.1) is 0 Å². The molecule has 5 heteroatoms. The summed E-state index contributed by atoms with van der Waals surface area (Å²) >= 11 is 0. The van der Waals surface area contributed by atoms with Crippen molar-refractivity contribution in [2.75, 3.05) is 13.2 Å². The van der Waals surface area contributed by atoms with Crippen LogP contribution in [0.4, 0.5) is 0 Å². The molecule has 0 aromatic carbocycles. The van der Waals surface area contributed by atoms with Crippen molar-refractivity contribution in [2.24, 2.45) is 0 Å². The van der Waals surface area contributed by atoms with Crippen LogP contribution in [0.1, 0.15) is 44.9 Å². The molecule has 1 amide bonds. The van der Waals surface area contributed by atoms with Crippen molar-refractivity contribution >= 4 is 11.9 Å². The molecule has 0 bridgehead atoms. The quantitative estimate of drug-likeness (QED) is 0.779. The third-order valence-corrected chi connectivity index (χ3v) is 3.55. The zero-order chi connectivity index (χ0) is 13.0. The highest BCUT2D eigenvalue weighted by molar-refractivity contribution is 5.78. The molecule has 1 N–H and O–H groups in total. The van der Waals surface area contributed by atoms with Crippen molar-refractivity contribution < 1.29 is 19.4 Å². The Morgan fingerprint density at radius 1 is 1.22 bits per heavy atom. The Balaban J connectivity index is 1.81. The van der Waals surface area contributed by atoms with Gasteiger partial charge < -0.3 is 14.7 Å². The Kier molecular flexibility index (Phi) is 4.58. The van der Waals surface area contributed by atoms with Crippen molar-refractivity contribution in [2.45, 2.75) is 57.1 Å². The number of ether oxygens (including phenoxy) is 1. The van der Waals surface area contributed by atoms with E-state index < -0.39 is 5.97 Å². The van der Waals surface area contributed by atoms with Gasteiger partial charge in [0.25, 0.3) is 0 Å². The third-order valence-electron chi connectivity index (χ3n) is 3.55. The molecule has 0 aromatic rings. The monoisotopic (exact) mass is 255 g/mol. The molecule has 1 saturated heterocycles. The average molecular weight is 255 g/mol. The van der Waals surface area contributed by atoms with Crippen molar-refractivity contribution in [3.8, 4) is 0 Å². The lowest BCUT2D eigenvalue weighted by molar-refractivity contribution is -0.139. The number of carbonyl (C=O) groups excluding carboxylic acids is 1. The Morgan fingerprint density at radius 3 is 2.56 bits per heavy atom. The van der Waals surface area contributed by atoms with Gasteiger partial charge in [-0.25, -0.2) is 0 Å². The number of carbonyl (C=O) groups is 2. The van der Waals surface area contributed by atoms with Gasteiger partial charge in [-0.1, -0.05) is 0 Å². The summed E-state index contributed by atoms with van der Waals surface area (Å²) in [6.45, 7) is 1.09. The summed E-state index contributed by atoms with van der Waals surface area (Å²) in [6.07, 6.45) is 5.66. The largest absolute Gasteiger partial charge is 0.481 e. The number of amides is 1. The highest BCUT2D eigenvalue weighted by atomic mass is 16.5. The molecule has 2 aliphatic rings. The van der Waals surface area contributed by atoms with E-state index in [9.17, 15) is 9.59 Å². The van der Waals surface area contributed by atoms with E-state index >= 15 is 0 Å². The number of hydrogen-bond donors (Lipinski definition) is 1. The van der Waals surface area contributed by atoms with Crippen LogP contribution >= 0.6 is 0 Å². The second-order valence-electron chi connectivity index (χ2n) is 5.15. The summed E-state index contributed by atoms with van der Waals surface area (Å²) in [6, 6.07) is 0.278. The minimum absolute atomic E-state index is 0.0355. The van der Waals surface area contributed by atoms with Crippen molar-refractivity contribution in [3.63, 3.8) is 0 Å². The van der Waals surface area contributed by atoms with Crippen LogP contribution in [0.3, 0.4) is 0 Å². The fraction of sp³-hybridized carbons (Fsp3) is 0.846. The van der Waals surface area contributed by atoms with Crippen LogP contribution in [0.5, 0.6) is 0 Å². The molecule has 1 unspecified atom stereocenters. The van der Waals surface area contributed by atoms with Crippen molar-refractivity contribution in [1.82, 2.24) is 4.90 Å². The van der Waals surface area contributed by atoms with Gasteiger partial charge in [-0.05, 0) is 32.1 Å². The molecule has 1 aliphatic carbocycles. The lowest BCUT2D eigenvalue weighted by Gasteiger charge is -2.27. The zero-order valence-corrected chi connectivity index (χ0v) is 10.6. The van der Waals surface area contributed by atoms with Gasteiger partial charge >= 0.3 is 5.97 Å². The summed E-state index contributed by atoms with van der Waals surface area (Å²) in [4.78, 5) is 24.5. The van der Waals surface area contributed by atoms with Crippen LogP contribution < -0.4 is 0 Å². The first-order valence-corrected chi connectivity index (χ1v) is 6.79. The van der Waals surface area contributed by atoms with E-state index in [1.807, 2.05) is 0 Å². The Bertz CT molecular complexity index is 308. The van der Waals surface area contributed by atoms with Crippen LogP contribution in [-0.2, 0) is 14.3 Å². The minimum atomic E-state index is -0.845. The number of nitrogens with zero attached hydrogens (tertiary/aromatic N) is 1. The molecule has 1 saturated carbocycles. The molecule has 5 nitrogen and oxygen atoms in total. The minimum Gasteiger partial charge on any atom is -0.481 e. The molecule has 18 heavy (non-hydrogen) atoms. The van der Waals surface area contributed by atoms with Crippen molar-refractivity contribution in [1.29, 1.82) is 0 Å². The Labute approximate surface area is 107 Å². The maximum absolute atomic E-state index is 12.2. The maximum Gasteiger partial charge on any atom is 0.305 e. The number of carboxylic acids is 1. The molecule has 1 aliphatic heterocycles. The lowest BCUT2D eigenvalue weighted by Crippen LogP contribution is -2.37. The second-order valence-corrected chi connectivity index (χ2v) is 5.15. The first-order chi connectivity index (χ1) is 8.66. The number of aliphatic carboxylic acids is 1. The number of carboxylic acid groups (broad SMARTS) is 1. The van der Waals surface area contributed by atoms with E-state index in [0.717, 1.165) is 38.7 Å². The normalized spacial score (nSPS) is 23.7. The van der Waals surface area contributed by atoms with E-state index in [1.165, 1.54) is 0 Å². The summed E-state index contributed by atoms with van der Waals surface area (Å²) < 4.78 is 5.56. The van der Waals surface area contributed by atoms with Crippen LogP contribution in [0.2, 0.25) is 0 Å². The zero-order valence-electron chi connectivity index (χ0n) is 10.6. The third kappa shape index (κ3) is 3.98. The second kappa shape index (κ2) is 6.18. The highest BCUT2D eigenvalue weighted by Gasteiger charge is 2.33. The van der Waals surface area contributed by atoms with Crippen molar-refractivity contribution in [3.05, 3.63) is 0 Å². The molecular weight excluding hydrogens is 234 g/mol. The predicted octanol–water partition coefficient (Wildman–Crippen LogP) is 1.41. The topological polar surface area (TPSA) is 66.8 Å². The molecular formula is C13H21NO4. The van der Waals surface area contributed by atoms with Gasteiger partial charge in [-0.15, -0.1) is 0 Å². The summed E-state index contributed by atoms with van der Waals surface area (Å²) in [5.41, 5.74) is 0. The molecule has 1 atom stereocenters. The van der Waals surface area contributed by atoms with E-state index in [2.05, 4.69) is 0 Å². The number of hydrogen-bond acceptors (Lipinski definition) is 3. The van der Waals surface area contributed by atoms with Gasteiger partial charge in [-0.2, -0.15) is 0 Å². The van der Waals surface area contributed by atoms with Gasteiger partial charge in [0.2, 0.25) is 5.91 Å². The summed E-state index contributed by atoms with van der Waals surface area (Å²) in [7, 11) is 0. The van der Waals surface area contributed by atoms with Gasteiger partial charge in [0.05, 0.1) is 18.9 Å². The summed E-state index contributed by atoms with van der Waals surface area (Å²) in [5.74, 6) is -0.784. The highest BCUT2D eigenvalue weighted by Crippen LogP contribution is 2.28. The van der Waals surface area contributed by atoms with Gasteiger partial charge in [0, 0.05) is 19.2 Å². The molecule has 102 valence electrons. The predicted molar refractivity (Wildman–Crippen MR) is 65.2 cm³/mol. The first-order valence-electron chi connectivity index (χ1n) is 6.79. The van der Waals surface area contributed by atoms with Gasteiger partial charge in [0.1, 0.15) is 0 Å². The average Bonchev–Trinajstić information content (AvgIpc) is 3.14. The SMILES string of the molecule is O=C(O)CCN(C(=O)CC1CCCCO1)C1CC1. The fourth-order valence-electron chi connectivity index (χ4n) is 2.39.